The van der Waals surface area contributed by atoms with Crippen LogP contribution < -0.4 is 0 Å². The Morgan fingerprint density at radius 2 is 1.27 bits per heavy atom. The molecule has 8 unspecified atom stereocenters. The standard InChI is InChI=1S/C26H46/c1-18-17-26(14-10-5-6-11-15-26)25(19(18)2)16-24-21(4)20(3)22-12-8-7-9-13-23(22)24/h18-25H,5-17H2,1-4H3. The van der Waals surface area contributed by atoms with Gasteiger partial charge in [-0.25, -0.2) is 0 Å². The van der Waals surface area contributed by atoms with Crippen molar-refractivity contribution < 1.29 is 0 Å². The van der Waals surface area contributed by atoms with E-state index < -0.39 is 0 Å². The largest absolute Gasteiger partial charge is 0.0622 e. The molecular formula is C26H46. The molecule has 0 amide bonds. The SMILES string of the molecule is CC1CC2(CCCCCC2)C(CC2C(C)C(C)C3CCCCCC32)C1C. The topological polar surface area (TPSA) is 0 Å². The number of rotatable bonds is 2. The zero-order valence-electron chi connectivity index (χ0n) is 18.3. The van der Waals surface area contributed by atoms with Crippen LogP contribution in [0, 0.1) is 52.8 Å². The van der Waals surface area contributed by atoms with E-state index in [4.69, 9.17) is 0 Å². The molecule has 0 bridgehead atoms. The lowest BCUT2D eigenvalue weighted by molar-refractivity contribution is 0.0945. The molecule has 4 fully saturated rings. The molecule has 4 aliphatic carbocycles. The molecule has 0 heteroatoms. The summed E-state index contributed by atoms with van der Waals surface area (Å²) in [5, 5.41) is 0. The van der Waals surface area contributed by atoms with E-state index in [9.17, 15) is 0 Å². The van der Waals surface area contributed by atoms with E-state index in [1.807, 2.05) is 0 Å². The lowest BCUT2D eigenvalue weighted by Gasteiger charge is -2.40. The first-order valence-electron chi connectivity index (χ1n) is 12.5. The Morgan fingerprint density at radius 1 is 0.654 bits per heavy atom. The Morgan fingerprint density at radius 3 is 1.96 bits per heavy atom. The number of hydrogen-bond donors (Lipinski definition) is 0. The number of fused-ring (bicyclic) bond motifs is 1. The van der Waals surface area contributed by atoms with E-state index >= 15 is 0 Å². The average molecular weight is 359 g/mol. The van der Waals surface area contributed by atoms with E-state index in [2.05, 4.69) is 27.7 Å². The molecule has 4 saturated carbocycles. The molecular weight excluding hydrogens is 312 g/mol. The van der Waals surface area contributed by atoms with Crippen LogP contribution >= 0.6 is 0 Å². The van der Waals surface area contributed by atoms with Crippen molar-refractivity contribution in [3.8, 4) is 0 Å². The Kier molecular flexibility index (Phi) is 5.79. The van der Waals surface area contributed by atoms with E-state index in [1.165, 1.54) is 44.9 Å². The summed E-state index contributed by atoms with van der Waals surface area (Å²) in [6.45, 7) is 10.5. The highest BCUT2D eigenvalue weighted by atomic mass is 14.6. The Labute approximate surface area is 164 Å². The second-order valence-corrected chi connectivity index (χ2v) is 11.5. The summed E-state index contributed by atoms with van der Waals surface area (Å²) >= 11 is 0. The Hall–Kier alpha value is 0. The molecule has 0 aromatic carbocycles. The second-order valence-electron chi connectivity index (χ2n) is 11.5. The smallest absolute Gasteiger partial charge is 0.0264 e. The van der Waals surface area contributed by atoms with Gasteiger partial charge in [0.05, 0.1) is 0 Å². The van der Waals surface area contributed by atoms with Crippen LogP contribution in [0.4, 0.5) is 0 Å². The van der Waals surface area contributed by atoms with Gasteiger partial charge in [-0.2, -0.15) is 0 Å². The minimum Gasteiger partial charge on any atom is -0.0622 e. The minimum absolute atomic E-state index is 0.737. The van der Waals surface area contributed by atoms with Gasteiger partial charge in [0.1, 0.15) is 0 Å². The van der Waals surface area contributed by atoms with Crippen molar-refractivity contribution in [2.24, 2.45) is 52.8 Å². The van der Waals surface area contributed by atoms with Gasteiger partial charge in [0.15, 0.2) is 0 Å². The van der Waals surface area contributed by atoms with E-state index in [1.54, 1.807) is 38.5 Å². The fourth-order valence-electron chi connectivity index (χ4n) is 8.81. The minimum atomic E-state index is 0.737. The average Bonchev–Trinajstić information content (AvgIpc) is 2.90. The second kappa shape index (κ2) is 7.79. The first kappa shape index (κ1) is 19.3. The molecule has 0 nitrogen and oxygen atoms in total. The summed E-state index contributed by atoms with van der Waals surface area (Å²) in [6, 6.07) is 0. The van der Waals surface area contributed by atoms with E-state index in [0.717, 1.165) is 52.8 Å². The normalized spacial score (nSPS) is 48.9. The third-order valence-electron chi connectivity index (χ3n) is 10.5. The lowest BCUT2D eigenvalue weighted by atomic mass is 9.65. The van der Waals surface area contributed by atoms with Gasteiger partial charge < -0.3 is 0 Å². The van der Waals surface area contributed by atoms with Crippen LogP contribution in [0.2, 0.25) is 0 Å². The van der Waals surface area contributed by atoms with Gasteiger partial charge in [-0.15, -0.1) is 0 Å². The fourth-order valence-corrected chi connectivity index (χ4v) is 8.81. The van der Waals surface area contributed by atoms with Crippen molar-refractivity contribution >= 4 is 0 Å². The first-order valence-corrected chi connectivity index (χ1v) is 12.5. The van der Waals surface area contributed by atoms with Crippen LogP contribution in [-0.4, -0.2) is 0 Å². The summed E-state index contributed by atoms with van der Waals surface area (Å²) in [7, 11) is 0. The predicted octanol–water partition coefficient (Wildman–Crippen LogP) is 8.11. The third kappa shape index (κ3) is 3.30. The van der Waals surface area contributed by atoms with Gasteiger partial charge in [-0.3, -0.25) is 0 Å². The molecule has 0 aromatic heterocycles. The maximum Gasteiger partial charge on any atom is -0.0264 e. The molecule has 0 aliphatic heterocycles. The summed E-state index contributed by atoms with van der Waals surface area (Å²) in [5.41, 5.74) is 0.737. The molecule has 4 aliphatic rings. The van der Waals surface area contributed by atoms with Crippen molar-refractivity contribution in [3.63, 3.8) is 0 Å². The van der Waals surface area contributed by atoms with Crippen molar-refractivity contribution in [1.29, 1.82) is 0 Å². The number of hydrogen-bond acceptors (Lipinski definition) is 0. The van der Waals surface area contributed by atoms with E-state index in [-0.39, 0.29) is 0 Å². The fraction of sp³-hybridized carbons (Fsp3) is 1.00. The third-order valence-corrected chi connectivity index (χ3v) is 10.5. The van der Waals surface area contributed by atoms with Crippen LogP contribution in [0.5, 0.6) is 0 Å². The summed E-state index contributed by atoms with van der Waals surface area (Å²) in [6.07, 6.45) is 20.0. The van der Waals surface area contributed by atoms with Crippen molar-refractivity contribution in [1.82, 2.24) is 0 Å². The van der Waals surface area contributed by atoms with Crippen LogP contribution in [-0.2, 0) is 0 Å². The zero-order valence-corrected chi connectivity index (χ0v) is 18.3. The van der Waals surface area contributed by atoms with Gasteiger partial charge in [0, 0.05) is 0 Å². The molecule has 4 rings (SSSR count). The molecule has 0 radical (unpaired) electrons. The van der Waals surface area contributed by atoms with Crippen LogP contribution in [0.1, 0.15) is 111 Å². The molecule has 150 valence electrons. The highest BCUT2D eigenvalue weighted by Crippen LogP contribution is 2.62. The predicted molar refractivity (Wildman–Crippen MR) is 113 cm³/mol. The van der Waals surface area contributed by atoms with Gasteiger partial charge in [-0.1, -0.05) is 72.6 Å². The van der Waals surface area contributed by atoms with Gasteiger partial charge >= 0.3 is 0 Å². The maximum atomic E-state index is 2.65. The summed E-state index contributed by atoms with van der Waals surface area (Å²) in [4.78, 5) is 0. The Bertz CT molecular complexity index is 457. The first-order chi connectivity index (χ1) is 12.5. The summed E-state index contributed by atoms with van der Waals surface area (Å²) in [5.74, 6) is 8.14. The van der Waals surface area contributed by atoms with Crippen molar-refractivity contribution in [3.05, 3.63) is 0 Å². The summed E-state index contributed by atoms with van der Waals surface area (Å²) < 4.78 is 0. The van der Waals surface area contributed by atoms with Crippen LogP contribution in [0.15, 0.2) is 0 Å². The van der Waals surface area contributed by atoms with Gasteiger partial charge in [0.25, 0.3) is 0 Å². The van der Waals surface area contributed by atoms with Crippen LogP contribution in [0.3, 0.4) is 0 Å². The Balaban J connectivity index is 1.57. The lowest BCUT2D eigenvalue weighted by Crippen LogP contribution is -2.32. The highest BCUT2D eigenvalue weighted by Gasteiger charge is 2.53. The van der Waals surface area contributed by atoms with E-state index in [0.29, 0.717) is 0 Å². The van der Waals surface area contributed by atoms with Gasteiger partial charge in [0.2, 0.25) is 0 Å². The van der Waals surface area contributed by atoms with Crippen molar-refractivity contribution in [2.45, 2.75) is 111 Å². The van der Waals surface area contributed by atoms with Crippen molar-refractivity contribution in [2.75, 3.05) is 0 Å². The zero-order chi connectivity index (χ0) is 18.3. The molecule has 8 atom stereocenters. The van der Waals surface area contributed by atoms with Gasteiger partial charge in [-0.05, 0) is 91.3 Å². The molecule has 1 spiro atoms. The highest BCUT2D eigenvalue weighted by molar-refractivity contribution is 5.02. The molecule has 0 heterocycles. The molecule has 0 aromatic rings. The van der Waals surface area contributed by atoms with Crippen LogP contribution in [0.25, 0.3) is 0 Å². The maximum absolute atomic E-state index is 2.65. The quantitative estimate of drug-likeness (QED) is 0.467. The molecule has 0 N–H and O–H groups in total. The monoisotopic (exact) mass is 358 g/mol. The molecule has 26 heavy (non-hydrogen) atoms. The molecule has 0 saturated heterocycles.